The van der Waals surface area contributed by atoms with Gasteiger partial charge in [0.25, 0.3) is 5.69 Å². The van der Waals surface area contributed by atoms with Gasteiger partial charge in [-0.05, 0) is 25.0 Å². The van der Waals surface area contributed by atoms with Crippen LogP contribution in [0.25, 0.3) is 0 Å². The zero-order valence-electron chi connectivity index (χ0n) is 10.6. The molecule has 0 unspecified atom stereocenters. The molecule has 0 spiro atoms. The maximum atomic E-state index is 13.0. The molecule has 0 aromatic heterocycles. The van der Waals surface area contributed by atoms with Gasteiger partial charge >= 0.3 is 0 Å². The molecule has 3 N–H and O–H groups in total. The minimum absolute atomic E-state index is 0.269. The molecule has 1 rings (SSSR count). The lowest BCUT2D eigenvalue weighted by molar-refractivity contribution is -0.384. The quantitative estimate of drug-likeness (QED) is 0.605. The molecule has 0 saturated heterocycles. The van der Waals surface area contributed by atoms with Crippen molar-refractivity contribution >= 4 is 11.4 Å². The smallest absolute Gasteiger partial charge is 0.295 e. The number of hydrogen-bond donors (Lipinski definition) is 2. The van der Waals surface area contributed by atoms with Crippen LogP contribution in [0.1, 0.15) is 26.7 Å². The topological polar surface area (TPSA) is 81.2 Å². The molecule has 0 aliphatic rings. The molecule has 0 atom stereocenters. The van der Waals surface area contributed by atoms with Crippen molar-refractivity contribution < 1.29 is 9.31 Å². The van der Waals surface area contributed by atoms with E-state index in [0.29, 0.717) is 12.2 Å². The Balaban J connectivity index is 3.13. The van der Waals surface area contributed by atoms with E-state index in [1.807, 2.05) is 13.8 Å². The fourth-order valence-electron chi connectivity index (χ4n) is 1.81. The molecule has 0 heterocycles. The van der Waals surface area contributed by atoms with Gasteiger partial charge in [-0.2, -0.15) is 0 Å². The number of hydrogen-bond acceptors (Lipinski definition) is 4. The molecule has 1 aromatic carbocycles. The second-order valence-corrected chi connectivity index (χ2v) is 4.24. The Morgan fingerprint density at radius 2 is 2.06 bits per heavy atom. The van der Waals surface area contributed by atoms with Crippen LogP contribution in [0, 0.1) is 15.9 Å². The molecule has 18 heavy (non-hydrogen) atoms. The Hall–Kier alpha value is -1.69. The van der Waals surface area contributed by atoms with Crippen LogP contribution in [0.2, 0.25) is 0 Å². The van der Waals surface area contributed by atoms with Crippen LogP contribution >= 0.6 is 0 Å². The summed E-state index contributed by atoms with van der Waals surface area (Å²) < 4.78 is 13.0. The first-order chi connectivity index (χ1) is 8.48. The monoisotopic (exact) mass is 255 g/mol. The standard InChI is InChI=1S/C12H18FN3O2/c1-3-12(4-2,8-14)15-10-6-5-9(13)7-11(10)16(17)18/h5-7,15H,3-4,8,14H2,1-2H3. The number of nitro benzene ring substituents is 1. The molecule has 5 nitrogen and oxygen atoms in total. The zero-order chi connectivity index (χ0) is 13.8. The number of nitro groups is 1. The van der Waals surface area contributed by atoms with Crippen LogP contribution in [-0.4, -0.2) is 17.0 Å². The van der Waals surface area contributed by atoms with Gasteiger partial charge in [-0.1, -0.05) is 13.8 Å². The first-order valence-corrected chi connectivity index (χ1v) is 5.90. The van der Waals surface area contributed by atoms with Gasteiger partial charge in [-0.15, -0.1) is 0 Å². The van der Waals surface area contributed by atoms with Gasteiger partial charge in [-0.25, -0.2) is 4.39 Å². The number of rotatable bonds is 6. The van der Waals surface area contributed by atoms with E-state index in [-0.39, 0.29) is 5.69 Å². The fourth-order valence-corrected chi connectivity index (χ4v) is 1.81. The summed E-state index contributed by atoms with van der Waals surface area (Å²) in [6.45, 7) is 4.27. The highest BCUT2D eigenvalue weighted by Crippen LogP contribution is 2.29. The summed E-state index contributed by atoms with van der Waals surface area (Å²) in [5, 5.41) is 14.0. The Morgan fingerprint density at radius 3 is 2.50 bits per heavy atom. The van der Waals surface area contributed by atoms with Crippen molar-refractivity contribution in [3.8, 4) is 0 Å². The molecule has 0 saturated carbocycles. The Kier molecular flexibility index (Phi) is 4.61. The highest BCUT2D eigenvalue weighted by atomic mass is 19.1. The van der Waals surface area contributed by atoms with E-state index < -0.39 is 16.3 Å². The first-order valence-electron chi connectivity index (χ1n) is 5.90. The van der Waals surface area contributed by atoms with Gasteiger partial charge in [-0.3, -0.25) is 10.1 Å². The van der Waals surface area contributed by atoms with E-state index in [1.54, 1.807) is 0 Å². The summed E-state index contributed by atoms with van der Waals surface area (Å²) in [5.41, 5.74) is 5.36. The van der Waals surface area contributed by atoms with Crippen LogP contribution in [-0.2, 0) is 0 Å². The number of halogens is 1. The number of anilines is 1. The average Bonchev–Trinajstić information content (AvgIpc) is 2.37. The van der Waals surface area contributed by atoms with Crippen molar-refractivity contribution in [2.45, 2.75) is 32.2 Å². The van der Waals surface area contributed by atoms with E-state index in [1.165, 1.54) is 12.1 Å². The molecule has 100 valence electrons. The second-order valence-electron chi connectivity index (χ2n) is 4.24. The normalized spacial score (nSPS) is 11.3. The Morgan fingerprint density at radius 1 is 1.44 bits per heavy atom. The van der Waals surface area contributed by atoms with E-state index in [2.05, 4.69) is 5.32 Å². The molecule has 6 heteroatoms. The van der Waals surface area contributed by atoms with Crippen molar-refractivity contribution in [3.63, 3.8) is 0 Å². The molecule has 0 radical (unpaired) electrons. The maximum Gasteiger partial charge on any atom is 0.295 e. The van der Waals surface area contributed by atoms with Crippen molar-refractivity contribution in [1.29, 1.82) is 0 Å². The van der Waals surface area contributed by atoms with Crippen LogP contribution in [0.5, 0.6) is 0 Å². The first kappa shape index (κ1) is 14.4. The van der Waals surface area contributed by atoms with Crippen molar-refractivity contribution in [1.82, 2.24) is 0 Å². The Bertz CT molecular complexity index is 425. The summed E-state index contributed by atoms with van der Waals surface area (Å²) in [5.74, 6) is -0.626. The number of nitrogens with one attached hydrogen (secondary N) is 1. The summed E-state index contributed by atoms with van der Waals surface area (Å²) in [4.78, 5) is 10.3. The summed E-state index contributed by atoms with van der Waals surface area (Å²) >= 11 is 0. The lowest BCUT2D eigenvalue weighted by Crippen LogP contribution is -2.44. The lowest BCUT2D eigenvalue weighted by atomic mass is 9.92. The number of nitrogens with zero attached hydrogens (tertiary/aromatic N) is 1. The van der Waals surface area contributed by atoms with Crippen LogP contribution in [0.4, 0.5) is 15.8 Å². The Labute approximate surface area is 105 Å². The highest BCUT2D eigenvalue weighted by Gasteiger charge is 2.27. The van der Waals surface area contributed by atoms with Gasteiger partial charge in [0, 0.05) is 12.1 Å². The SMILES string of the molecule is CCC(CC)(CN)Nc1ccc(F)cc1[N+](=O)[O-]. The lowest BCUT2D eigenvalue weighted by Gasteiger charge is -2.32. The predicted molar refractivity (Wildman–Crippen MR) is 69.0 cm³/mol. The summed E-state index contributed by atoms with van der Waals surface area (Å²) in [6.07, 6.45) is 1.46. The molecule has 0 aliphatic carbocycles. The van der Waals surface area contributed by atoms with Crippen LogP contribution < -0.4 is 11.1 Å². The van der Waals surface area contributed by atoms with Crippen LogP contribution in [0.15, 0.2) is 18.2 Å². The second kappa shape index (κ2) is 5.77. The molecule has 0 fully saturated rings. The van der Waals surface area contributed by atoms with E-state index in [0.717, 1.165) is 18.9 Å². The fraction of sp³-hybridized carbons (Fsp3) is 0.500. The van der Waals surface area contributed by atoms with E-state index in [4.69, 9.17) is 5.73 Å². The molecule has 0 amide bonds. The summed E-state index contributed by atoms with van der Waals surface area (Å²) in [6, 6.07) is 3.49. The summed E-state index contributed by atoms with van der Waals surface area (Å²) in [7, 11) is 0. The molecular weight excluding hydrogens is 237 g/mol. The third-order valence-corrected chi connectivity index (χ3v) is 3.30. The van der Waals surface area contributed by atoms with Crippen molar-refractivity contribution in [2.24, 2.45) is 5.73 Å². The minimum atomic E-state index is -0.626. The van der Waals surface area contributed by atoms with E-state index in [9.17, 15) is 14.5 Å². The molecular formula is C12H18FN3O2. The van der Waals surface area contributed by atoms with Gasteiger partial charge in [0.15, 0.2) is 0 Å². The van der Waals surface area contributed by atoms with Gasteiger partial charge in [0.2, 0.25) is 0 Å². The van der Waals surface area contributed by atoms with Gasteiger partial charge in [0.05, 0.1) is 11.0 Å². The predicted octanol–water partition coefficient (Wildman–Crippen LogP) is 2.66. The average molecular weight is 255 g/mol. The minimum Gasteiger partial charge on any atom is -0.373 e. The van der Waals surface area contributed by atoms with Gasteiger partial charge < -0.3 is 11.1 Å². The maximum absolute atomic E-state index is 13.0. The molecule has 0 aliphatic heterocycles. The van der Waals surface area contributed by atoms with Crippen molar-refractivity contribution in [2.75, 3.05) is 11.9 Å². The molecule has 1 aromatic rings. The van der Waals surface area contributed by atoms with E-state index >= 15 is 0 Å². The number of benzene rings is 1. The van der Waals surface area contributed by atoms with Crippen molar-refractivity contribution in [3.05, 3.63) is 34.1 Å². The van der Waals surface area contributed by atoms with Gasteiger partial charge in [0.1, 0.15) is 11.5 Å². The molecule has 0 bridgehead atoms. The zero-order valence-corrected chi connectivity index (χ0v) is 10.6. The van der Waals surface area contributed by atoms with Crippen LogP contribution in [0.3, 0.4) is 0 Å². The number of nitrogens with two attached hydrogens (primary N) is 1. The third kappa shape index (κ3) is 2.95. The largest absolute Gasteiger partial charge is 0.373 e. The highest BCUT2D eigenvalue weighted by molar-refractivity contribution is 5.62. The third-order valence-electron chi connectivity index (χ3n) is 3.30.